The van der Waals surface area contributed by atoms with Gasteiger partial charge in [-0.15, -0.1) is 0 Å². The molecule has 1 N–H and O–H groups in total. The molecule has 140 valence electrons. The van der Waals surface area contributed by atoms with Crippen LogP contribution < -0.4 is 10.1 Å². The maximum Gasteiger partial charge on any atom is 0.255 e. The van der Waals surface area contributed by atoms with E-state index in [0.29, 0.717) is 27.9 Å². The van der Waals surface area contributed by atoms with Gasteiger partial charge in [0.05, 0.1) is 12.1 Å². The Balaban J connectivity index is 1.63. The van der Waals surface area contributed by atoms with E-state index in [-0.39, 0.29) is 5.91 Å². The van der Waals surface area contributed by atoms with Crippen molar-refractivity contribution in [1.82, 2.24) is 4.98 Å². The molecule has 0 aliphatic rings. The lowest BCUT2D eigenvalue weighted by Crippen LogP contribution is -2.13. The van der Waals surface area contributed by atoms with Crippen molar-refractivity contribution in [2.24, 2.45) is 0 Å². The quantitative estimate of drug-likeness (QED) is 0.482. The molecule has 1 aromatic heterocycles. The number of nitrogens with one attached hydrogen (secondary N) is 1. The number of carbonyl (C=O) groups is 1. The lowest BCUT2D eigenvalue weighted by molar-refractivity contribution is 0.102. The van der Waals surface area contributed by atoms with Gasteiger partial charge in [-0.3, -0.25) is 4.79 Å². The van der Waals surface area contributed by atoms with E-state index in [0.717, 1.165) is 22.2 Å². The largest absolute Gasteiger partial charge is 0.495 e. The van der Waals surface area contributed by atoms with Crippen LogP contribution in [-0.2, 0) is 0 Å². The number of halogens is 1. The highest BCUT2D eigenvalue weighted by Crippen LogP contribution is 2.29. The predicted molar refractivity (Wildman–Crippen MR) is 110 cm³/mol. The number of ether oxygens (including phenoxy) is 1. The van der Waals surface area contributed by atoms with E-state index in [4.69, 9.17) is 20.8 Å². The summed E-state index contributed by atoms with van der Waals surface area (Å²) in [4.78, 5) is 17.2. The summed E-state index contributed by atoms with van der Waals surface area (Å²) < 4.78 is 11.0. The number of nitrogens with zero attached hydrogens (tertiary/aromatic N) is 1. The zero-order chi connectivity index (χ0) is 19.7. The molecule has 0 aliphatic carbocycles. The zero-order valence-electron chi connectivity index (χ0n) is 15.3. The van der Waals surface area contributed by atoms with Crippen molar-refractivity contribution in [1.29, 1.82) is 0 Å². The number of rotatable bonds is 4. The molecular formula is C22H17ClN2O3. The summed E-state index contributed by atoms with van der Waals surface area (Å²) in [6, 6.07) is 18.2. The van der Waals surface area contributed by atoms with E-state index in [1.54, 1.807) is 18.2 Å². The molecule has 0 bridgehead atoms. The van der Waals surface area contributed by atoms with Crippen LogP contribution >= 0.6 is 11.6 Å². The molecule has 1 heterocycles. The molecule has 0 saturated heterocycles. The Labute approximate surface area is 166 Å². The fraction of sp³-hybridized carbons (Fsp3) is 0.0909. The molecule has 0 radical (unpaired) electrons. The molecule has 28 heavy (non-hydrogen) atoms. The number of carbonyl (C=O) groups excluding carboxylic acids is 1. The molecule has 0 saturated carbocycles. The van der Waals surface area contributed by atoms with Crippen molar-refractivity contribution in [3.63, 3.8) is 0 Å². The van der Waals surface area contributed by atoms with Gasteiger partial charge >= 0.3 is 0 Å². The molecule has 6 heteroatoms. The minimum absolute atomic E-state index is 0.262. The van der Waals surface area contributed by atoms with E-state index < -0.39 is 0 Å². The van der Waals surface area contributed by atoms with Crippen LogP contribution in [0.15, 0.2) is 65.1 Å². The molecule has 0 fully saturated rings. The first-order chi connectivity index (χ1) is 13.5. The standard InChI is InChI=1S/C22H17ClN2O3/c1-13-7-8-15(22-25-17-5-3-4-6-20(17)28-22)12-18(13)24-21(26)14-9-10-19(27-2)16(23)11-14/h3-12H,1-2H3,(H,24,26). The number of fused-ring (bicyclic) bond motifs is 1. The van der Waals surface area contributed by atoms with Crippen LogP contribution in [0.2, 0.25) is 5.02 Å². The Morgan fingerprint density at radius 2 is 1.93 bits per heavy atom. The summed E-state index contributed by atoms with van der Waals surface area (Å²) >= 11 is 6.13. The number of hydrogen-bond donors (Lipinski definition) is 1. The maximum absolute atomic E-state index is 12.7. The summed E-state index contributed by atoms with van der Waals surface area (Å²) in [7, 11) is 1.53. The third-order valence-electron chi connectivity index (χ3n) is 4.44. The Kier molecular flexibility index (Phi) is 4.75. The number of amides is 1. The van der Waals surface area contributed by atoms with Gasteiger partial charge in [0.15, 0.2) is 5.58 Å². The highest BCUT2D eigenvalue weighted by Gasteiger charge is 2.13. The number of hydrogen-bond acceptors (Lipinski definition) is 4. The maximum atomic E-state index is 12.7. The number of oxazole rings is 1. The van der Waals surface area contributed by atoms with Gasteiger partial charge in [-0.05, 0) is 55.0 Å². The fourth-order valence-corrected chi connectivity index (χ4v) is 3.15. The van der Waals surface area contributed by atoms with Gasteiger partial charge in [-0.2, -0.15) is 0 Å². The van der Waals surface area contributed by atoms with Crippen LogP contribution in [0, 0.1) is 6.92 Å². The summed E-state index contributed by atoms with van der Waals surface area (Å²) in [5, 5.41) is 3.31. The smallest absolute Gasteiger partial charge is 0.255 e. The van der Waals surface area contributed by atoms with E-state index in [1.807, 2.05) is 49.4 Å². The van der Waals surface area contributed by atoms with Gasteiger partial charge in [-0.25, -0.2) is 4.98 Å². The van der Waals surface area contributed by atoms with Crippen LogP contribution in [0.1, 0.15) is 15.9 Å². The number of methoxy groups -OCH3 is 1. The second kappa shape index (κ2) is 7.37. The van der Waals surface area contributed by atoms with Crippen LogP contribution in [0.5, 0.6) is 5.75 Å². The Morgan fingerprint density at radius 1 is 1.11 bits per heavy atom. The number of benzene rings is 3. The van der Waals surface area contributed by atoms with Gasteiger partial charge in [0, 0.05) is 16.8 Å². The van der Waals surface area contributed by atoms with E-state index in [1.165, 1.54) is 7.11 Å². The minimum atomic E-state index is -0.262. The van der Waals surface area contributed by atoms with Gasteiger partial charge < -0.3 is 14.5 Å². The minimum Gasteiger partial charge on any atom is -0.495 e. The normalized spacial score (nSPS) is 10.8. The summed E-state index contributed by atoms with van der Waals surface area (Å²) in [6.07, 6.45) is 0. The van der Waals surface area contributed by atoms with Crippen molar-refractivity contribution in [2.45, 2.75) is 6.92 Å². The lowest BCUT2D eigenvalue weighted by Gasteiger charge is -2.11. The molecule has 4 aromatic rings. The monoisotopic (exact) mass is 392 g/mol. The third-order valence-corrected chi connectivity index (χ3v) is 4.74. The molecule has 5 nitrogen and oxygen atoms in total. The third kappa shape index (κ3) is 3.44. The van der Waals surface area contributed by atoms with Gasteiger partial charge in [0.1, 0.15) is 11.3 Å². The highest BCUT2D eigenvalue weighted by atomic mass is 35.5. The van der Waals surface area contributed by atoms with Crippen molar-refractivity contribution >= 4 is 34.3 Å². The Bertz CT molecular complexity index is 1150. The van der Waals surface area contributed by atoms with Gasteiger partial charge in [-0.1, -0.05) is 29.8 Å². The molecule has 0 unspecified atom stereocenters. The van der Waals surface area contributed by atoms with E-state index in [9.17, 15) is 4.79 Å². The number of aryl methyl sites for hydroxylation is 1. The lowest BCUT2D eigenvalue weighted by atomic mass is 10.1. The zero-order valence-corrected chi connectivity index (χ0v) is 16.1. The van der Waals surface area contributed by atoms with Crippen LogP contribution in [-0.4, -0.2) is 18.0 Å². The fourth-order valence-electron chi connectivity index (χ4n) is 2.89. The average molecular weight is 393 g/mol. The predicted octanol–water partition coefficient (Wildman–Crippen LogP) is 5.72. The van der Waals surface area contributed by atoms with Crippen LogP contribution in [0.25, 0.3) is 22.6 Å². The topological polar surface area (TPSA) is 64.4 Å². The van der Waals surface area contributed by atoms with Crippen molar-refractivity contribution < 1.29 is 13.9 Å². The number of para-hydroxylation sites is 2. The first-order valence-electron chi connectivity index (χ1n) is 8.66. The first kappa shape index (κ1) is 18.1. The van der Waals surface area contributed by atoms with Gasteiger partial charge in [0.2, 0.25) is 5.89 Å². The van der Waals surface area contributed by atoms with Crippen molar-refractivity contribution in [3.05, 3.63) is 76.8 Å². The average Bonchev–Trinajstić information content (AvgIpc) is 3.13. The Hall–Kier alpha value is -3.31. The van der Waals surface area contributed by atoms with Crippen LogP contribution in [0.4, 0.5) is 5.69 Å². The van der Waals surface area contributed by atoms with E-state index in [2.05, 4.69) is 10.3 Å². The molecule has 0 atom stereocenters. The first-order valence-corrected chi connectivity index (χ1v) is 9.04. The van der Waals surface area contributed by atoms with Crippen molar-refractivity contribution in [2.75, 3.05) is 12.4 Å². The molecule has 0 spiro atoms. The molecule has 0 aliphatic heterocycles. The summed E-state index contributed by atoms with van der Waals surface area (Å²) in [6.45, 7) is 1.92. The second-order valence-corrected chi connectivity index (χ2v) is 6.73. The van der Waals surface area contributed by atoms with Crippen molar-refractivity contribution in [3.8, 4) is 17.2 Å². The molecule has 3 aromatic carbocycles. The number of anilines is 1. The molecule has 1 amide bonds. The molecular weight excluding hydrogens is 376 g/mol. The molecule has 4 rings (SSSR count). The summed E-state index contributed by atoms with van der Waals surface area (Å²) in [5.41, 5.74) is 4.33. The second-order valence-electron chi connectivity index (χ2n) is 6.32. The number of aromatic nitrogens is 1. The van der Waals surface area contributed by atoms with E-state index >= 15 is 0 Å². The highest BCUT2D eigenvalue weighted by molar-refractivity contribution is 6.32. The Morgan fingerprint density at radius 3 is 2.68 bits per heavy atom. The summed E-state index contributed by atoms with van der Waals surface area (Å²) in [5.74, 6) is 0.763. The van der Waals surface area contributed by atoms with Crippen LogP contribution in [0.3, 0.4) is 0 Å². The van der Waals surface area contributed by atoms with Gasteiger partial charge in [0.25, 0.3) is 5.91 Å². The SMILES string of the molecule is COc1ccc(C(=O)Nc2cc(-c3nc4ccccc4o3)ccc2C)cc1Cl.